The van der Waals surface area contributed by atoms with E-state index in [0.29, 0.717) is 11.3 Å². The molecule has 24 heavy (non-hydrogen) atoms. The summed E-state index contributed by atoms with van der Waals surface area (Å²) < 4.78 is 0.984. The first kappa shape index (κ1) is 18.3. The molecule has 0 spiro atoms. The molecular formula is C21H22BrNO. The van der Waals surface area contributed by atoms with Crippen LogP contribution in [0.5, 0.6) is 5.75 Å². The molecule has 3 heteroatoms. The van der Waals surface area contributed by atoms with Crippen molar-refractivity contribution in [1.82, 2.24) is 0 Å². The Morgan fingerprint density at radius 2 is 1.54 bits per heavy atom. The quantitative estimate of drug-likeness (QED) is 0.485. The lowest BCUT2D eigenvalue weighted by atomic mass is 9.90. The third kappa shape index (κ3) is 4.07. The second-order valence-corrected chi connectivity index (χ2v) is 7.45. The molecule has 1 N–H and O–H groups in total. The van der Waals surface area contributed by atoms with Crippen LogP contribution in [0.2, 0.25) is 0 Å². The molecule has 0 unspecified atom stereocenters. The number of phenolic OH excluding ortho intramolecular Hbond substituents is 1. The van der Waals surface area contributed by atoms with E-state index < -0.39 is 0 Å². The van der Waals surface area contributed by atoms with Crippen molar-refractivity contribution in [3.8, 4) is 11.8 Å². The maximum atomic E-state index is 10.5. The zero-order valence-electron chi connectivity index (χ0n) is 14.5. The lowest BCUT2D eigenvalue weighted by Crippen LogP contribution is -1.97. The maximum absolute atomic E-state index is 10.5. The monoisotopic (exact) mass is 383 g/mol. The molecule has 2 aromatic carbocycles. The fourth-order valence-electron chi connectivity index (χ4n) is 2.64. The number of rotatable bonds is 4. The van der Waals surface area contributed by atoms with Gasteiger partial charge in [-0.05, 0) is 64.4 Å². The molecule has 0 saturated heterocycles. The van der Waals surface area contributed by atoms with Crippen LogP contribution in [-0.4, -0.2) is 5.11 Å². The van der Waals surface area contributed by atoms with Gasteiger partial charge in [0.25, 0.3) is 0 Å². The van der Waals surface area contributed by atoms with Crippen LogP contribution in [0.1, 0.15) is 61.8 Å². The van der Waals surface area contributed by atoms with Crippen LogP contribution < -0.4 is 0 Å². The van der Waals surface area contributed by atoms with Gasteiger partial charge in [-0.1, -0.05) is 55.8 Å². The van der Waals surface area contributed by atoms with Crippen LogP contribution in [0.25, 0.3) is 11.6 Å². The van der Waals surface area contributed by atoms with Crippen molar-refractivity contribution in [2.75, 3.05) is 0 Å². The van der Waals surface area contributed by atoms with Crippen LogP contribution in [-0.2, 0) is 0 Å². The smallest absolute Gasteiger partial charge is 0.122 e. The third-order valence-electron chi connectivity index (χ3n) is 4.02. The summed E-state index contributed by atoms with van der Waals surface area (Å²) in [5, 5.41) is 20.0. The number of allylic oxidation sites excluding steroid dienone is 1. The summed E-state index contributed by atoms with van der Waals surface area (Å²) >= 11 is 3.41. The van der Waals surface area contributed by atoms with Gasteiger partial charge in [-0.3, -0.25) is 0 Å². The van der Waals surface area contributed by atoms with E-state index in [4.69, 9.17) is 0 Å². The molecule has 0 fully saturated rings. The number of phenols is 1. The van der Waals surface area contributed by atoms with Crippen LogP contribution in [0.3, 0.4) is 0 Å². The van der Waals surface area contributed by atoms with Gasteiger partial charge in [-0.15, -0.1) is 0 Å². The molecule has 0 heterocycles. The third-order valence-corrected chi connectivity index (χ3v) is 4.55. The maximum Gasteiger partial charge on any atom is 0.122 e. The number of hydrogen-bond donors (Lipinski definition) is 1. The van der Waals surface area contributed by atoms with Gasteiger partial charge in [0.15, 0.2) is 0 Å². The van der Waals surface area contributed by atoms with Crippen molar-refractivity contribution >= 4 is 27.6 Å². The minimum absolute atomic E-state index is 0.217. The molecule has 2 aromatic rings. The summed E-state index contributed by atoms with van der Waals surface area (Å²) in [4.78, 5) is 0. The fraction of sp³-hybridized carbons (Fsp3) is 0.286. The summed E-state index contributed by atoms with van der Waals surface area (Å²) in [5.41, 5.74) is 4.27. The Balaban J connectivity index is 2.58. The molecule has 124 valence electrons. The molecule has 0 atom stereocenters. The number of benzene rings is 2. The Hall–Kier alpha value is -2.05. The largest absolute Gasteiger partial charge is 0.507 e. The van der Waals surface area contributed by atoms with Gasteiger partial charge in [0.2, 0.25) is 0 Å². The van der Waals surface area contributed by atoms with E-state index in [1.807, 2.05) is 42.5 Å². The molecule has 0 aliphatic heterocycles. The number of halogens is 1. The van der Waals surface area contributed by atoms with Crippen molar-refractivity contribution in [2.24, 2.45) is 0 Å². The Morgan fingerprint density at radius 1 is 1.04 bits per heavy atom. The SMILES string of the molecule is CC(C)c1cc(/C=C(\C#N)c2ccc(Br)cc2)cc(C(C)C)c1O. The molecule has 0 amide bonds. The number of hydrogen-bond acceptors (Lipinski definition) is 2. The molecule has 0 aromatic heterocycles. The van der Waals surface area contributed by atoms with Crippen LogP contribution in [0.4, 0.5) is 0 Å². The molecule has 0 saturated carbocycles. The summed E-state index contributed by atoms with van der Waals surface area (Å²) in [6.45, 7) is 8.25. The molecule has 0 aliphatic rings. The van der Waals surface area contributed by atoms with Crippen LogP contribution >= 0.6 is 15.9 Å². The van der Waals surface area contributed by atoms with Crippen LogP contribution in [0.15, 0.2) is 40.9 Å². The predicted molar refractivity (Wildman–Crippen MR) is 104 cm³/mol. The molecule has 0 radical (unpaired) electrons. The number of nitrogens with zero attached hydrogens (tertiary/aromatic N) is 1. The van der Waals surface area contributed by atoms with E-state index in [-0.39, 0.29) is 11.8 Å². The van der Waals surface area contributed by atoms with E-state index in [1.165, 1.54) is 0 Å². The molecule has 2 rings (SSSR count). The number of aromatic hydroxyl groups is 1. The highest BCUT2D eigenvalue weighted by atomic mass is 79.9. The first-order chi connectivity index (χ1) is 11.3. The lowest BCUT2D eigenvalue weighted by molar-refractivity contribution is 0.454. The lowest BCUT2D eigenvalue weighted by Gasteiger charge is -2.16. The van der Waals surface area contributed by atoms with Gasteiger partial charge in [-0.2, -0.15) is 5.26 Å². The predicted octanol–water partition coefficient (Wildman–Crippen LogP) is 6.47. The van der Waals surface area contributed by atoms with E-state index in [0.717, 1.165) is 26.7 Å². The minimum atomic E-state index is 0.217. The first-order valence-electron chi connectivity index (χ1n) is 8.08. The minimum Gasteiger partial charge on any atom is -0.507 e. The Morgan fingerprint density at radius 3 is 1.96 bits per heavy atom. The van der Waals surface area contributed by atoms with Gasteiger partial charge in [0.1, 0.15) is 5.75 Å². The van der Waals surface area contributed by atoms with E-state index in [2.05, 4.69) is 49.7 Å². The van der Waals surface area contributed by atoms with Crippen molar-refractivity contribution in [3.63, 3.8) is 0 Å². The van der Waals surface area contributed by atoms with Crippen molar-refractivity contribution in [1.29, 1.82) is 5.26 Å². The fourth-order valence-corrected chi connectivity index (χ4v) is 2.91. The average Bonchev–Trinajstić information content (AvgIpc) is 2.54. The highest BCUT2D eigenvalue weighted by Gasteiger charge is 2.15. The Bertz CT molecular complexity index is 767. The second-order valence-electron chi connectivity index (χ2n) is 6.53. The van der Waals surface area contributed by atoms with Crippen molar-refractivity contribution < 1.29 is 5.11 Å². The first-order valence-corrected chi connectivity index (χ1v) is 8.87. The highest BCUT2D eigenvalue weighted by molar-refractivity contribution is 9.10. The van der Waals surface area contributed by atoms with Crippen LogP contribution in [0, 0.1) is 11.3 Å². The standard InChI is InChI=1S/C21H22BrNO/c1-13(2)19-10-15(11-20(14(3)4)21(19)24)9-17(12-23)16-5-7-18(22)8-6-16/h5-11,13-14,24H,1-4H3/b17-9+. The molecular weight excluding hydrogens is 362 g/mol. The summed E-state index contributed by atoms with van der Waals surface area (Å²) in [6, 6.07) is 13.9. The van der Waals surface area contributed by atoms with Crippen molar-refractivity contribution in [2.45, 2.75) is 39.5 Å². The van der Waals surface area contributed by atoms with Crippen molar-refractivity contribution in [3.05, 3.63) is 63.1 Å². The molecule has 0 bridgehead atoms. The zero-order chi connectivity index (χ0) is 17.9. The van der Waals surface area contributed by atoms with Gasteiger partial charge < -0.3 is 5.11 Å². The normalized spacial score (nSPS) is 11.8. The topological polar surface area (TPSA) is 44.0 Å². The van der Waals surface area contributed by atoms with Gasteiger partial charge in [0.05, 0.1) is 11.6 Å². The Labute approximate surface area is 152 Å². The van der Waals surface area contributed by atoms with Gasteiger partial charge >= 0.3 is 0 Å². The molecule has 0 aliphatic carbocycles. The average molecular weight is 384 g/mol. The zero-order valence-corrected chi connectivity index (χ0v) is 16.1. The summed E-state index contributed by atoms with van der Waals surface area (Å²) in [5.74, 6) is 0.808. The highest BCUT2D eigenvalue weighted by Crippen LogP contribution is 2.35. The molecule has 2 nitrogen and oxygen atoms in total. The van der Waals surface area contributed by atoms with Gasteiger partial charge in [0, 0.05) is 4.47 Å². The van der Waals surface area contributed by atoms with E-state index in [9.17, 15) is 10.4 Å². The van der Waals surface area contributed by atoms with Gasteiger partial charge in [-0.25, -0.2) is 0 Å². The summed E-state index contributed by atoms with van der Waals surface area (Å²) in [6.07, 6.45) is 1.89. The van der Waals surface area contributed by atoms with E-state index >= 15 is 0 Å². The number of nitriles is 1. The second kappa shape index (κ2) is 7.68. The summed E-state index contributed by atoms with van der Waals surface area (Å²) in [7, 11) is 0. The Kier molecular flexibility index (Phi) is 5.85. The van der Waals surface area contributed by atoms with E-state index in [1.54, 1.807) is 0 Å².